The van der Waals surface area contributed by atoms with E-state index in [1.54, 1.807) is 0 Å². The molecule has 4 fully saturated rings. The molecular weight excluding hydrogens is 470 g/mol. The Labute approximate surface area is 212 Å². The van der Waals surface area contributed by atoms with Crippen LogP contribution in [0.3, 0.4) is 0 Å². The first-order valence-corrected chi connectivity index (χ1v) is 13.7. The van der Waals surface area contributed by atoms with Gasteiger partial charge in [-0.15, -0.1) is 0 Å². The van der Waals surface area contributed by atoms with E-state index in [-0.39, 0.29) is 41.7 Å². The molecule has 4 aliphatic rings. The smallest absolute Gasteiger partial charge is 0.342 e. The molecule has 0 bridgehead atoms. The predicted molar refractivity (Wildman–Crippen MR) is 130 cm³/mol. The van der Waals surface area contributed by atoms with E-state index in [1.807, 2.05) is 11.9 Å². The van der Waals surface area contributed by atoms with Crippen molar-refractivity contribution in [1.29, 1.82) is 0 Å². The number of likely N-dealkylation sites (tertiary alicyclic amines) is 1. The SMILES string of the molecule is CC1CC2C(CN1)CC(C1CC(C(=O)NC(=O)NC3CCC(OC(F)F)CC3)CCC1C)C(=O)N2C. The number of imide groups is 1. The maximum atomic E-state index is 13.4. The normalized spacial score (nSPS) is 39.4. The van der Waals surface area contributed by atoms with Gasteiger partial charge in [0.25, 0.3) is 0 Å². The monoisotopic (exact) mass is 512 g/mol. The van der Waals surface area contributed by atoms with E-state index < -0.39 is 18.7 Å². The molecule has 2 heterocycles. The van der Waals surface area contributed by atoms with E-state index in [9.17, 15) is 23.2 Å². The number of nitrogens with zero attached hydrogens (tertiary/aromatic N) is 1. The third-order valence-electron chi connectivity index (χ3n) is 9.27. The maximum absolute atomic E-state index is 13.4. The van der Waals surface area contributed by atoms with Gasteiger partial charge in [-0.05, 0) is 82.5 Å². The highest BCUT2D eigenvalue weighted by atomic mass is 19.3. The van der Waals surface area contributed by atoms with Crippen molar-refractivity contribution in [1.82, 2.24) is 20.9 Å². The van der Waals surface area contributed by atoms with Gasteiger partial charge < -0.3 is 20.3 Å². The summed E-state index contributed by atoms with van der Waals surface area (Å²) in [5.41, 5.74) is 0. The fourth-order valence-corrected chi connectivity index (χ4v) is 7.13. The Balaban J connectivity index is 1.29. The van der Waals surface area contributed by atoms with E-state index in [4.69, 9.17) is 0 Å². The molecule has 204 valence electrons. The molecule has 10 heteroatoms. The Kier molecular flexibility index (Phi) is 8.86. The van der Waals surface area contributed by atoms with E-state index in [2.05, 4.69) is 34.5 Å². The fourth-order valence-electron chi connectivity index (χ4n) is 7.13. The number of carbonyl (C=O) groups is 3. The first-order chi connectivity index (χ1) is 17.1. The van der Waals surface area contributed by atoms with E-state index in [1.165, 1.54) is 0 Å². The summed E-state index contributed by atoms with van der Waals surface area (Å²) in [4.78, 5) is 40.8. The van der Waals surface area contributed by atoms with Crippen LogP contribution in [0.15, 0.2) is 0 Å². The van der Waals surface area contributed by atoms with E-state index >= 15 is 0 Å². The molecule has 7 unspecified atom stereocenters. The van der Waals surface area contributed by atoms with Crippen LogP contribution in [-0.2, 0) is 14.3 Å². The van der Waals surface area contributed by atoms with Gasteiger partial charge in [0.15, 0.2) is 0 Å². The van der Waals surface area contributed by atoms with Gasteiger partial charge in [0.2, 0.25) is 11.8 Å². The summed E-state index contributed by atoms with van der Waals surface area (Å²) in [5, 5.41) is 8.87. The number of carbonyl (C=O) groups excluding carboxylic acids is 3. The topological polar surface area (TPSA) is 99.8 Å². The molecular formula is C26H42F2N4O4. The Morgan fingerprint density at radius 2 is 1.78 bits per heavy atom. The van der Waals surface area contributed by atoms with Gasteiger partial charge in [-0.25, -0.2) is 4.79 Å². The molecule has 0 aromatic carbocycles. The second-order valence-corrected chi connectivity index (χ2v) is 11.6. The van der Waals surface area contributed by atoms with Crippen LogP contribution >= 0.6 is 0 Å². The third kappa shape index (κ3) is 6.36. The molecule has 36 heavy (non-hydrogen) atoms. The van der Waals surface area contributed by atoms with Crippen LogP contribution in [-0.4, -0.2) is 67.2 Å². The van der Waals surface area contributed by atoms with Crippen molar-refractivity contribution in [3.05, 3.63) is 0 Å². The summed E-state index contributed by atoms with van der Waals surface area (Å²) in [5.74, 6) is 0.432. The number of ether oxygens (including phenoxy) is 1. The van der Waals surface area contributed by atoms with Crippen molar-refractivity contribution in [3.63, 3.8) is 0 Å². The Morgan fingerprint density at radius 3 is 2.47 bits per heavy atom. The molecule has 0 spiro atoms. The molecule has 0 radical (unpaired) electrons. The number of rotatable bonds is 5. The van der Waals surface area contributed by atoms with Crippen LogP contribution in [0, 0.1) is 29.6 Å². The second kappa shape index (κ2) is 11.7. The summed E-state index contributed by atoms with van der Waals surface area (Å²) < 4.78 is 29.3. The Morgan fingerprint density at radius 1 is 1.06 bits per heavy atom. The minimum atomic E-state index is -2.78. The van der Waals surface area contributed by atoms with Gasteiger partial charge in [0, 0.05) is 43.6 Å². The van der Waals surface area contributed by atoms with Crippen LogP contribution < -0.4 is 16.0 Å². The number of fused-ring (bicyclic) bond motifs is 1. The molecule has 2 aliphatic carbocycles. The minimum absolute atomic E-state index is 0.0866. The highest BCUT2D eigenvalue weighted by Crippen LogP contribution is 2.44. The van der Waals surface area contributed by atoms with Crippen molar-refractivity contribution < 1.29 is 27.9 Å². The second-order valence-electron chi connectivity index (χ2n) is 11.6. The number of nitrogens with one attached hydrogen (secondary N) is 3. The summed E-state index contributed by atoms with van der Waals surface area (Å²) >= 11 is 0. The van der Waals surface area contributed by atoms with Crippen LogP contribution in [0.25, 0.3) is 0 Å². The van der Waals surface area contributed by atoms with Crippen molar-refractivity contribution in [2.75, 3.05) is 13.6 Å². The van der Waals surface area contributed by atoms with Crippen molar-refractivity contribution in [3.8, 4) is 0 Å². The molecule has 8 nitrogen and oxygen atoms in total. The zero-order valence-corrected chi connectivity index (χ0v) is 21.7. The Bertz CT molecular complexity index is 807. The van der Waals surface area contributed by atoms with Crippen LogP contribution in [0.4, 0.5) is 13.6 Å². The molecule has 4 rings (SSSR count). The maximum Gasteiger partial charge on any atom is 0.345 e. The lowest BCUT2D eigenvalue weighted by Gasteiger charge is -2.50. The summed E-state index contributed by atoms with van der Waals surface area (Å²) in [6, 6.07) is -0.00712. The standard InChI is InChI=1S/C26H42F2N4O4/c1-14-4-5-16(23(33)31-26(35)30-18-6-8-19(9-7-18)36-25(27)28)11-20(14)21-12-17-13-29-15(2)10-22(17)32(3)24(21)34/h14-22,25,29H,4-13H2,1-3H3,(H2,30,31,33,35). The van der Waals surface area contributed by atoms with Crippen LogP contribution in [0.2, 0.25) is 0 Å². The van der Waals surface area contributed by atoms with Gasteiger partial charge in [-0.2, -0.15) is 8.78 Å². The molecule has 2 saturated carbocycles. The number of alkyl halides is 2. The fraction of sp³-hybridized carbons (Fsp3) is 0.885. The number of hydrogen-bond acceptors (Lipinski definition) is 5. The molecule has 7 atom stereocenters. The average molecular weight is 513 g/mol. The first kappa shape index (κ1) is 27.2. The number of amides is 4. The molecule has 0 aromatic rings. The lowest BCUT2D eigenvalue weighted by atomic mass is 9.64. The lowest BCUT2D eigenvalue weighted by Crippen LogP contribution is -2.60. The zero-order valence-electron chi connectivity index (χ0n) is 21.7. The van der Waals surface area contributed by atoms with E-state index in [0.29, 0.717) is 56.4 Å². The average Bonchev–Trinajstić information content (AvgIpc) is 2.83. The molecule has 3 N–H and O–H groups in total. The van der Waals surface area contributed by atoms with Crippen LogP contribution in [0.5, 0.6) is 0 Å². The molecule has 2 aliphatic heterocycles. The van der Waals surface area contributed by atoms with E-state index in [0.717, 1.165) is 25.8 Å². The summed E-state index contributed by atoms with van der Waals surface area (Å²) in [6.45, 7) is 2.48. The number of urea groups is 1. The van der Waals surface area contributed by atoms with Gasteiger partial charge in [0.05, 0.1) is 6.10 Å². The van der Waals surface area contributed by atoms with Crippen molar-refractivity contribution in [2.24, 2.45) is 29.6 Å². The van der Waals surface area contributed by atoms with Gasteiger partial charge in [-0.1, -0.05) is 6.92 Å². The largest absolute Gasteiger partial charge is 0.345 e. The van der Waals surface area contributed by atoms with Crippen LogP contribution in [0.1, 0.15) is 71.6 Å². The van der Waals surface area contributed by atoms with Crippen molar-refractivity contribution in [2.45, 2.75) is 102 Å². The van der Waals surface area contributed by atoms with Gasteiger partial charge in [-0.3, -0.25) is 14.9 Å². The first-order valence-electron chi connectivity index (χ1n) is 13.7. The van der Waals surface area contributed by atoms with Crippen molar-refractivity contribution >= 4 is 17.8 Å². The zero-order chi connectivity index (χ0) is 26.0. The molecule has 0 aromatic heterocycles. The lowest BCUT2D eigenvalue weighted by molar-refractivity contribution is -0.170. The third-order valence-corrected chi connectivity index (χ3v) is 9.27. The summed E-state index contributed by atoms with van der Waals surface area (Å²) in [6.07, 6.45) is 5.49. The van der Waals surface area contributed by atoms with Gasteiger partial charge >= 0.3 is 12.6 Å². The Hall–Kier alpha value is -1.81. The number of halogens is 2. The highest BCUT2D eigenvalue weighted by molar-refractivity contribution is 5.95. The predicted octanol–water partition coefficient (Wildman–Crippen LogP) is 3.26. The summed E-state index contributed by atoms with van der Waals surface area (Å²) in [7, 11) is 1.93. The number of piperidine rings is 2. The highest BCUT2D eigenvalue weighted by Gasteiger charge is 2.47. The quantitative estimate of drug-likeness (QED) is 0.525. The molecule has 2 saturated heterocycles. The minimum Gasteiger partial charge on any atom is -0.342 e. The van der Waals surface area contributed by atoms with Gasteiger partial charge in [0.1, 0.15) is 0 Å². The molecule has 4 amide bonds. The number of hydrogen-bond donors (Lipinski definition) is 3.